The first-order valence-electron chi connectivity index (χ1n) is 6.27. The third-order valence-electron chi connectivity index (χ3n) is 3.63. The van der Waals surface area contributed by atoms with Crippen molar-refractivity contribution in [3.8, 4) is 0 Å². The molecule has 0 saturated carbocycles. The van der Waals surface area contributed by atoms with Crippen LogP contribution < -0.4 is 5.73 Å². The Labute approximate surface area is 94.6 Å². The van der Waals surface area contributed by atoms with Gasteiger partial charge in [-0.1, -0.05) is 13.3 Å². The van der Waals surface area contributed by atoms with Crippen molar-refractivity contribution in [1.82, 2.24) is 9.80 Å². The van der Waals surface area contributed by atoms with Crippen LogP contribution in [0, 0.1) is 5.92 Å². The van der Waals surface area contributed by atoms with Gasteiger partial charge >= 0.3 is 0 Å². The number of nitrogens with two attached hydrogens (primary N) is 1. The predicted octanol–water partition coefficient (Wildman–Crippen LogP) is 0.997. The van der Waals surface area contributed by atoms with Crippen molar-refractivity contribution in [1.29, 1.82) is 0 Å². The van der Waals surface area contributed by atoms with Crippen molar-refractivity contribution < 1.29 is 0 Å². The minimum absolute atomic E-state index is 0.628. The van der Waals surface area contributed by atoms with Gasteiger partial charge in [0.1, 0.15) is 0 Å². The van der Waals surface area contributed by atoms with E-state index in [1.165, 1.54) is 32.4 Å². The molecule has 3 heteroatoms. The fourth-order valence-corrected chi connectivity index (χ4v) is 2.64. The number of hydrogen-bond acceptors (Lipinski definition) is 3. The van der Waals surface area contributed by atoms with Gasteiger partial charge in [0, 0.05) is 25.7 Å². The van der Waals surface area contributed by atoms with E-state index in [2.05, 4.69) is 30.8 Å². The molecule has 0 bridgehead atoms. The summed E-state index contributed by atoms with van der Waals surface area (Å²) in [7, 11) is 4.28. The van der Waals surface area contributed by atoms with E-state index in [4.69, 9.17) is 5.73 Å². The van der Waals surface area contributed by atoms with E-state index in [0.29, 0.717) is 6.04 Å². The van der Waals surface area contributed by atoms with Crippen LogP contribution in [0.3, 0.4) is 0 Å². The number of likely N-dealkylation sites (N-methyl/N-ethyl adjacent to an activating group) is 1. The predicted molar refractivity (Wildman–Crippen MR) is 66.0 cm³/mol. The lowest BCUT2D eigenvalue weighted by Gasteiger charge is -2.41. The number of piperidine rings is 1. The van der Waals surface area contributed by atoms with Crippen LogP contribution in [0.1, 0.15) is 26.2 Å². The third-order valence-corrected chi connectivity index (χ3v) is 3.63. The maximum Gasteiger partial charge on any atom is 0.0247 e. The lowest BCUT2D eigenvalue weighted by Crippen LogP contribution is -2.51. The van der Waals surface area contributed by atoms with E-state index in [-0.39, 0.29) is 0 Å². The molecule has 2 unspecified atom stereocenters. The molecule has 0 aromatic rings. The van der Waals surface area contributed by atoms with Gasteiger partial charge in [-0.2, -0.15) is 0 Å². The average molecular weight is 213 g/mol. The second-order valence-corrected chi connectivity index (χ2v) is 4.95. The summed E-state index contributed by atoms with van der Waals surface area (Å²) in [6.45, 7) is 6.68. The quantitative estimate of drug-likeness (QED) is 0.739. The Bertz CT molecular complexity index is 170. The van der Waals surface area contributed by atoms with Crippen LogP contribution in [-0.2, 0) is 0 Å². The van der Waals surface area contributed by atoms with Crippen LogP contribution in [0.15, 0.2) is 0 Å². The molecule has 0 radical (unpaired) electrons. The van der Waals surface area contributed by atoms with Crippen LogP contribution in [0.25, 0.3) is 0 Å². The maximum atomic E-state index is 5.91. The summed E-state index contributed by atoms with van der Waals surface area (Å²) in [4.78, 5) is 4.85. The van der Waals surface area contributed by atoms with Crippen LogP contribution in [0.2, 0.25) is 0 Å². The molecule has 1 aliphatic heterocycles. The van der Waals surface area contributed by atoms with Gasteiger partial charge in [0.15, 0.2) is 0 Å². The summed E-state index contributed by atoms with van der Waals surface area (Å²) in [5.74, 6) is 0.825. The standard InChI is InChI=1S/C12H27N3/c1-4-11-6-5-7-15(12(11)10-13)9-8-14(2)3/h11-12H,4-10,13H2,1-3H3. The first-order valence-corrected chi connectivity index (χ1v) is 6.27. The van der Waals surface area contributed by atoms with Crippen molar-refractivity contribution in [2.75, 3.05) is 40.3 Å². The van der Waals surface area contributed by atoms with Crippen LogP contribution in [-0.4, -0.2) is 56.1 Å². The molecule has 1 saturated heterocycles. The minimum atomic E-state index is 0.628. The van der Waals surface area contributed by atoms with E-state index in [0.717, 1.165) is 19.0 Å². The topological polar surface area (TPSA) is 32.5 Å². The van der Waals surface area contributed by atoms with Crippen molar-refractivity contribution in [3.63, 3.8) is 0 Å². The molecular weight excluding hydrogens is 186 g/mol. The van der Waals surface area contributed by atoms with E-state index >= 15 is 0 Å². The zero-order valence-corrected chi connectivity index (χ0v) is 10.6. The van der Waals surface area contributed by atoms with Gasteiger partial charge < -0.3 is 10.6 Å². The Balaban J connectivity index is 2.45. The summed E-state index contributed by atoms with van der Waals surface area (Å²) < 4.78 is 0. The van der Waals surface area contributed by atoms with Crippen LogP contribution >= 0.6 is 0 Å². The Morgan fingerprint density at radius 3 is 2.67 bits per heavy atom. The van der Waals surface area contributed by atoms with Gasteiger partial charge in [0.25, 0.3) is 0 Å². The highest BCUT2D eigenvalue weighted by molar-refractivity contribution is 4.84. The fourth-order valence-electron chi connectivity index (χ4n) is 2.64. The SMILES string of the molecule is CCC1CCCN(CCN(C)C)C1CN. The summed E-state index contributed by atoms with van der Waals surface area (Å²) >= 11 is 0. The second kappa shape index (κ2) is 6.46. The molecule has 1 rings (SSSR count). The molecule has 1 aliphatic rings. The first-order chi connectivity index (χ1) is 7.19. The minimum Gasteiger partial charge on any atom is -0.329 e. The summed E-state index contributed by atoms with van der Waals surface area (Å²) in [6.07, 6.45) is 4.00. The first kappa shape index (κ1) is 12.9. The van der Waals surface area contributed by atoms with Crippen molar-refractivity contribution in [3.05, 3.63) is 0 Å². The van der Waals surface area contributed by atoms with Gasteiger partial charge in [0.2, 0.25) is 0 Å². The highest BCUT2D eigenvalue weighted by Gasteiger charge is 2.28. The third kappa shape index (κ3) is 3.74. The van der Waals surface area contributed by atoms with E-state index in [1.807, 2.05) is 0 Å². The molecule has 15 heavy (non-hydrogen) atoms. The fraction of sp³-hybridized carbons (Fsp3) is 1.00. The molecule has 0 aliphatic carbocycles. The summed E-state index contributed by atoms with van der Waals surface area (Å²) in [6, 6.07) is 0.628. The summed E-state index contributed by atoms with van der Waals surface area (Å²) in [5.41, 5.74) is 5.91. The zero-order chi connectivity index (χ0) is 11.3. The van der Waals surface area contributed by atoms with Gasteiger partial charge in [-0.15, -0.1) is 0 Å². The van der Waals surface area contributed by atoms with E-state index in [9.17, 15) is 0 Å². The summed E-state index contributed by atoms with van der Waals surface area (Å²) in [5, 5.41) is 0. The number of nitrogens with zero attached hydrogens (tertiary/aromatic N) is 2. The molecule has 1 heterocycles. The smallest absolute Gasteiger partial charge is 0.0247 e. The Morgan fingerprint density at radius 2 is 2.13 bits per heavy atom. The molecule has 0 amide bonds. The van der Waals surface area contributed by atoms with Gasteiger partial charge in [-0.3, -0.25) is 4.90 Å². The Hall–Kier alpha value is -0.120. The zero-order valence-electron chi connectivity index (χ0n) is 10.6. The maximum absolute atomic E-state index is 5.91. The van der Waals surface area contributed by atoms with Gasteiger partial charge in [-0.05, 0) is 39.4 Å². The molecule has 2 N–H and O–H groups in total. The van der Waals surface area contributed by atoms with E-state index in [1.54, 1.807) is 0 Å². The van der Waals surface area contributed by atoms with E-state index < -0.39 is 0 Å². The molecular formula is C12H27N3. The number of hydrogen-bond donors (Lipinski definition) is 1. The average Bonchev–Trinajstić information content (AvgIpc) is 2.25. The Morgan fingerprint density at radius 1 is 1.40 bits per heavy atom. The highest BCUT2D eigenvalue weighted by atomic mass is 15.2. The normalized spacial score (nSPS) is 28.6. The van der Waals surface area contributed by atoms with Crippen molar-refractivity contribution in [2.24, 2.45) is 11.7 Å². The van der Waals surface area contributed by atoms with Crippen molar-refractivity contribution in [2.45, 2.75) is 32.2 Å². The number of likely N-dealkylation sites (tertiary alicyclic amines) is 1. The molecule has 1 fully saturated rings. The molecule has 90 valence electrons. The number of rotatable bonds is 5. The molecule has 3 nitrogen and oxygen atoms in total. The second-order valence-electron chi connectivity index (χ2n) is 4.95. The molecule has 2 atom stereocenters. The van der Waals surface area contributed by atoms with Crippen molar-refractivity contribution >= 4 is 0 Å². The lowest BCUT2D eigenvalue weighted by atomic mass is 9.87. The molecule has 0 aromatic heterocycles. The highest BCUT2D eigenvalue weighted by Crippen LogP contribution is 2.25. The molecule has 0 aromatic carbocycles. The largest absolute Gasteiger partial charge is 0.329 e. The van der Waals surface area contributed by atoms with Gasteiger partial charge in [-0.25, -0.2) is 0 Å². The van der Waals surface area contributed by atoms with Crippen LogP contribution in [0.4, 0.5) is 0 Å². The Kier molecular flexibility index (Phi) is 5.58. The lowest BCUT2D eigenvalue weighted by molar-refractivity contribution is 0.0884. The monoisotopic (exact) mass is 213 g/mol. The van der Waals surface area contributed by atoms with Crippen LogP contribution in [0.5, 0.6) is 0 Å². The molecule has 0 spiro atoms. The van der Waals surface area contributed by atoms with Gasteiger partial charge in [0.05, 0.1) is 0 Å².